The van der Waals surface area contributed by atoms with Gasteiger partial charge in [0, 0.05) is 19.0 Å². The van der Waals surface area contributed by atoms with Crippen LogP contribution in [0.5, 0.6) is 0 Å². The van der Waals surface area contributed by atoms with Crippen LogP contribution in [0.15, 0.2) is 18.2 Å². The van der Waals surface area contributed by atoms with Crippen molar-refractivity contribution >= 4 is 11.6 Å². The lowest BCUT2D eigenvalue weighted by Gasteiger charge is -2.31. The highest BCUT2D eigenvalue weighted by Gasteiger charge is 2.28. The Morgan fingerprint density at radius 1 is 1.58 bits per heavy atom. The molecule has 0 bridgehead atoms. The summed E-state index contributed by atoms with van der Waals surface area (Å²) in [4.78, 5) is 0. The highest BCUT2D eigenvalue weighted by molar-refractivity contribution is 6.31. The van der Waals surface area contributed by atoms with Gasteiger partial charge in [0.2, 0.25) is 0 Å². The largest absolute Gasteiger partial charge is 0.390 e. The summed E-state index contributed by atoms with van der Waals surface area (Å²) in [6.07, 6.45) is 0.863. The lowest BCUT2D eigenvalue weighted by molar-refractivity contribution is 0.00649. The van der Waals surface area contributed by atoms with Gasteiger partial charge < -0.3 is 15.2 Å². The molecular formula is C14H19ClFNO2. The van der Waals surface area contributed by atoms with Crippen molar-refractivity contribution in [3.05, 3.63) is 34.6 Å². The summed E-state index contributed by atoms with van der Waals surface area (Å²) in [6.45, 7) is 3.83. The normalized spacial score (nSPS) is 23.1. The summed E-state index contributed by atoms with van der Waals surface area (Å²) >= 11 is 5.92. The predicted octanol–water partition coefficient (Wildman–Crippen LogP) is 2.15. The molecule has 106 valence electrons. The van der Waals surface area contributed by atoms with E-state index in [4.69, 9.17) is 16.3 Å². The van der Waals surface area contributed by atoms with E-state index in [9.17, 15) is 9.50 Å². The Labute approximate surface area is 117 Å². The molecule has 0 saturated carbocycles. The van der Waals surface area contributed by atoms with Crippen LogP contribution in [0.4, 0.5) is 4.39 Å². The average molecular weight is 288 g/mol. The minimum absolute atomic E-state index is 0.0932. The first-order valence-electron chi connectivity index (χ1n) is 6.44. The molecule has 0 aliphatic carbocycles. The Hall–Kier alpha value is -0.680. The van der Waals surface area contributed by atoms with Crippen LogP contribution in [0.1, 0.15) is 18.9 Å². The molecule has 2 unspecified atom stereocenters. The molecule has 1 aromatic rings. The summed E-state index contributed by atoms with van der Waals surface area (Å²) in [7, 11) is 0. The zero-order chi connectivity index (χ0) is 13.9. The van der Waals surface area contributed by atoms with Crippen molar-refractivity contribution in [3.8, 4) is 0 Å². The van der Waals surface area contributed by atoms with Crippen LogP contribution in [0.2, 0.25) is 5.02 Å². The van der Waals surface area contributed by atoms with E-state index in [1.54, 1.807) is 19.1 Å². The minimum atomic E-state index is -0.949. The summed E-state index contributed by atoms with van der Waals surface area (Å²) in [5.41, 5.74) is -0.320. The van der Waals surface area contributed by atoms with E-state index in [1.807, 2.05) is 0 Å². The van der Waals surface area contributed by atoms with Gasteiger partial charge in [0.25, 0.3) is 0 Å². The molecular weight excluding hydrogens is 269 g/mol. The smallest absolute Gasteiger partial charge is 0.142 e. The molecule has 1 aromatic carbocycles. The SMILES string of the molecule is CC(O)(Cc1cccc(F)c1Cl)CC1COCCN1. The second kappa shape index (κ2) is 6.18. The summed E-state index contributed by atoms with van der Waals surface area (Å²) in [6, 6.07) is 4.78. The first-order valence-corrected chi connectivity index (χ1v) is 6.82. The first kappa shape index (κ1) is 14.7. The van der Waals surface area contributed by atoms with Crippen LogP contribution in [0.3, 0.4) is 0 Å². The van der Waals surface area contributed by atoms with E-state index in [0.29, 0.717) is 31.6 Å². The molecule has 2 rings (SSSR count). The van der Waals surface area contributed by atoms with Gasteiger partial charge in [0.15, 0.2) is 0 Å². The van der Waals surface area contributed by atoms with Crippen LogP contribution in [0.25, 0.3) is 0 Å². The van der Waals surface area contributed by atoms with E-state index >= 15 is 0 Å². The molecule has 2 atom stereocenters. The fourth-order valence-electron chi connectivity index (χ4n) is 2.45. The number of benzene rings is 1. The second-order valence-electron chi connectivity index (χ2n) is 5.32. The van der Waals surface area contributed by atoms with Crippen LogP contribution in [-0.4, -0.2) is 36.5 Å². The third-order valence-electron chi connectivity index (χ3n) is 3.29. The molecule has 1 heterocycles. The van der Waals surface area contributed by atoms with Gasteiger partial charge in [-0.15, -0.1) is 0 Å². The van der Waals surface area contributed by atoms with Gasteiger partial charge in [-0.3, -0.25) is 0 Å². The van der Waals surface area contributed by atoms with Crippen molar-refractivity contribution < 1.29 is 14.2 Å². The van der Waals surface area contributed by atoms with E-state index in [1.165, 1.54) is 6.07 Å². The summed E-state index contributed by atoms with van der Waals surface area (Å²) in [5.74, 6) is -0.450. The maximum Gasteiger partial charge on any atom is 0.142 e. The molecule has 2 N–H and O–H groups in total. The Kier molecular flexibility index (Phi) is 4.79. The molecule has 0 spiro atoms. The van der Waals surface area contributed by atoms with Crippen molar-refractivity contribution in [2.45, 2.75) is 31.4 Å². The third kappa shape index (κ3) is 4.14. The van der Waals surface area contributed by atoms with Crippen molar-refractivity contribution in [3.63, 3.8) is 0 Å². The Morgan fingerprint density at radius 3 is 3.05 bits per heavy atom. The zero-order valence-corrected chi connectivity index (χ0v) is 11.7. The van der Waals surface area contributed by atoms with E-state index in [-0.39, 0.29) is 11.1 Å². The fraction of sp³-hybridized carbons (Fsp3) is 0.571. The molecule has 0 amide bonds. The highest BCUT2D eigenvalue weighted by atomic mass is 35.5. The van der Waals surface area contributed by atoms with Gasteiger partial charge in [0.05, 0.1) is 23.8 Å². The molecule has 1 fully saturated rings. The quantitative estimate of drug-likeness (QED) is 0.892. The van der Waals surface area contributed by atoms with Crippen molar-refractivity contribution in [2.24, 2.45) is 0 Å². The number of ether oxygens (including phenoxy) is 1. The number of hydrogen-bond acceptors (Lipinski definition) is 3. The first-order chi connectivity index (χ1) is 8.98. The van der Waals surface area contributed by atoms with Crippen molar-refractivity contribution in [1.29, 1.82) is 0 Å². The standard InChI is InChI=1S/C14H19ClFNO2/c1-14(18,8-11-9-19-6-5-17-11)7-10-3-2-4-12(16)13(10)15/h2-4,11,17-18H,5-9H2,1H3. The number of hydrogen-bond donors (Lipinski definition) is 2. The molecule has 1 saturated heterocycles. The summed E-state index contributed by atoms with van der Waals surface area (Å²) < 4.78 is 18.7. The van der Waals surface area contributed by atoms with Gasteiger partial charge in [-0.1, -0.05) is 23.7 Å². The molecule has 1 aliphatic heterocycles. The third-order valence-corrected chi connectivity index (χ3v) is 3.71. The Bertz CT molecular complexity index is 433. The molecule has 5 heteroatoms. The molecule has 19 heavy (non-hydrogen) atoms. The maximum absolute atomic E-state index is 13.4. The molecule has 3 nitrogen and oxygen atoms in total. The van der Waals surface area contributed by atoms with E-state index < -0.39 is 11.4 Å². The van der Waals surface area contributed by atoms with Crippen molar-refractivity contribution in [1.82, 2.24) is 5.32 Å². The Balaban J connectivity index is 2.01. The minimum Gasteiger partial charge on any atom is -0.390 e. The number of nitrogens with one attached hydrogen (secondary N) is 1. The monoisotopic (exact) mass is 287 g/mol. The molecule has 0 radical (unpaired) electrons. The number of aliphatic hydroxyl groups is 1. The van der Waals surface area contributed by atoms with Gasteiger partial charge >= 0.3 is 0 Å². The van der Waals surface area contributed by atoms with Crippen LogP contribution >= 0.6 is 11.6 Å². The number of morpholine rings is 1. The van der Waals surface area contributed by atoms with E-state index in [2.05, 4.69) is 5.32 Å². The fourth-order valence-corrected chi connectivity index (χ4v) is 2.64. The number of halogens is 2. The highest BCUT2D eigenvalue weighted by Crippen LogP contribution is 2.26. The second-order valence-corrected chi connectivity index (χ2v) is 5.69. The molecule has 0 aromatic heterocycles. The van der Waals surface area contributed by atoms with Crippen LogP contribution in [-0.2, 0) is 11.2 Å². The lowest BCUT2D eigenvalue weighted by atomic mass is 9.89. The summed E-state index contributed by atoms with van der Waals surface area (Å²) in [5, 5.41) is 13.8. The van der Waals surface area contributed by atoms with Gasteiger partial charge in [-0.2, -0.15) is 0 Å². The maximum atomic E-state index is 13.4. The van der Waals surface area contributed by atoms with Crippen LogP contribution in [0, 0.1) is 5.82 Å². The topological polar surface area (TPSA) is 41.5 Å². The lowest BCUT2D eigenvalue weighted by Crippen LogP contribution is -2.46. The van der Waals surface area contributed by atoms with Gasteiger partial charge in [0.1, 0.15) is 5.82 Å². The predicted molar refractivity (Wildman–Crippen MR) is 73.0 cm³/mol. The average Bonchev–Trinajstić information content (AvgIpc) is 2.35. The molecule has 1 aliphatic rings. The van der Waals surface area contributed by atoms with Crippen LogP contribution < -0.4 is 5.32 Å². The van der Waals surface area contributed by atoms with Crippen molar-refractivity contribution in [2.75, 3.05) is 19.8 Å². The van der Waals surface area contributed by atoms with Gasteiger partial charge in [-0.05, 0) is 25.0 Å². The van der Waals surface area contributed by atoms with E-state index in [0.717, 1.165) is 6.54 Å². The Morgan fingerprint density at radius 2 is 2.37 bits per heavy atom. The number of rotatable bonds is 4. The zero-order valence-electron chi connectivity index (χ0n) is 11.0. The van der Waals surface area contributed by atoms with Gasteiger partial charge in [-0.25, -0.2) is 4.39 Å².